The molecule has 0 saturated carbocycles. The summed E-state index contributed by atoms with van der Waals surface area (Å²) in [5.41, 5.74) is 0.719. The number of carboxylic acid groups (broad SMARTS) is 1. The monoisotopic (exact) mass is 464 g/mol. The van der Waals surface area contributed by atoms with Crippen LogP contribution in [-0.2, 0) is 34.6 Å². The molecule has 3 heterocycles. The second-order valence-corrected chi connectivity index (χ2v) is 9.61. The Bertz CT molecular complexity index is 876. The minimum absolute atomic E-state index is 0. The molecule has 3 unspecified atom stereocenters. The van der Waals surface area contributed by atoms with Crippen LogP contribution in [0.25, 0.3) is 0 Å². The number of thioether (sulfide) groups is 1. The molecule has 30 heavy (non-hydrogen) atoms. The molecule has 13 heteroatoms. The molecule has 2 amide bonds. The molecule has 0 bridgehead atoms. The van der Waals surface area contributed by atoms with Gasteiger partial charge in [-0.15, -0.1) is 11.8 Å². The van der Waals surface area contributed by atoms with Gasteiger partial charge in [0.15, 0.2) is 0 Å². The molecule has 1 saturated heterocycles. The van der Waals surface area contributed by atoms with Crippen LogP contribution in [0.5, 0.6) is 0 Å². The molecule has 0 aromatic rings. The first-order valence-electron chi connectivity index (χ1n) is 8.79. The summed E-state index contributed by atoms with van der Waals surface area (Å²) in [6.45, 7) is 2.89. The third kappa shape index (κ3) is 4.77. The van der Waals surface area contributed by atoms with Gasteiger partial charge >= 0.3 is 35.5 Å². The largest absolute Gasteiger partial charge is 1.00 e. The number of nitrogens with zero attached hydrogens (tertiary/aromatic N) is 2. The number of hydrogen-bond acceptors (Lipinski definition) is 9. The van der Waals surface area contributed by atoms with Crippen LogP contribution in [-0.4, -0.2) is 69.7 Å². The maximum atomic E-state index is 12.5. The second kappa shape index (κ2) is 9.86. The predicted molar refractivity (Wildman–Crippen MR) is 104 cm³/mol. The maximum absolute atomic E-state index is 12.5. The zero-order chi connectivity index (χ0) is 21.5. The van der Waals surface area contributed by atoms with Gasteiger partial charge in [-0.25, -0.2) is 0 Å². The summed E-state index contributed by atoms with van der Waals surface area (Å²) in [5, 5.41) is 15.4. The quantitative estimate of drug-likeness (QED) is 0.229. The molecule has 10 nitrogen and oxygen atoms in total. The van der Waals surface area contributed by atoms with Crippen molar-refractivity contribution in [2.75, 3.05) is 19.4 Å². The van der Waals surface area contributed by atoms with Gasteiger partial charge in [-0.2, -0.15) is 0 Å². The second-order valence-electron chi connectivity index (χ2n) is 6.84. The van der Waals surface area contributed by atoms with Crippen LogP contribution in [0.1, 0.15) is 20.3 Å². The summed E-state index contributed by atoms with van der Waals surface area (Å²) in [4.78, 5) is 50.5. The number of carbonyl (C=O) groups excluding carboxylic acids is 4. The first-order chi connectivity index (χ1) is 13.6. The Morgan fingerprint density at radius 1 is 1.43 bits per heavy atom. The van der Waals surface area contributed by atoms with Crippen LogP contribution in [0.15, 0.2) is 22.4 Å². The summed E-state index contributed by atoms with van der Waals surface area (Å²) in [6, 6.07) is -0.837. The third-order valence-electron chi connectivity index (χ3n) is 4.98. The first kappa shape index (κ1) is 24.9. The number of amides is 2. The number of rotatable bonds is 6. The van der Waals surface area contributed by atoms with Crippen molar-refractivity contribution in [1.82, 2.24) is 15.1 Å². The Kier molecular flexibility index (Phi) is 8.19. The van der Waals surface area contributed by atoms with Crippen LogP contribution in [0.3, 0.4) is 0 Å². The standard InChI is InChI=1S/C17H22N4O6S2.Na/c1-8-20(3)11(7-29(8)18)4-12(23)19-13-15(24)21-14(17(25)26)10(5-27-9(2)22)6-28-16(13)21;/h7-8,13,16,18H,4-6H2,1-3H3,(H,19,23)(H,25,26);/q;+1/p-1/t8?,13?,16-,29?;/m1./s1. The molecular weight excluding hydrogens is 443 g/mol. The molecule has 3 rings (SSSR count). The Labute approximate surface area is 202 Å². The van der Waals surface area contributed by atoms with E-state index in [1.165, 1.54) is 18.7 Å². The van der Waals surface area contributed by atoms with Crippen LogP contribution >= 0.6 is 11.8 Å². The van der Waals surface area contributed by atoms with Gasteiger partial charge < -0.3 is 24.9 Å². The molecule has 0 aliphatic carbocycles. The molecule has 3 aliphatic rings. The maximum Gasteiger partial charge on any atom is 1.00 e. The molecule has 1 fully saturated rings. The van der Waals surface area contributed by atoms with Crippen molar-refractivity contribution in [2.24, 2.45) is 0 Å². The Morgan fingerprint density at radius 3 is 2.63 bits per heavy atom. The van der Waals surface area contributed by atoms with Crippen LogP contribution in [0.2, 0.25) is 0 Å². The SMILES string of the molecule is CC(=O)OCC1=C(C(=O)[O-])N2C(=O)C(NC(=O)CC3=CS(=N)C(C)N3C)[C@H]2SC1.[Na+]. The van der Waals surface area contributed by atoms with Crippen molar-refractivity contribution in [3.05, 3.63) is 22.4 Å². The van der Waals surface area contributed by atoms with Crippen molar-refractivity contribution in [3.63, 3.8) is 0 Å². The van der Waals surface area contributed by atoms with Crippen molar-refractivity contribution in [1.29, 1.82) is 4.78 Å². The fourth-order valence-electron chi connectivity index (χ4n) is 3.26. The number of β-lactam (4-membered cyclic amide) rings is 1. The van der Waals surface area contributed by atoms with Gasteiger partial charge in [-0.05, 0) is 6.92 Å². The molecule has 0 radical (unpaired) electrons. The number of esters is 1. The van der Waals surface area contributed by atoms with E-state index in [0.717, 1.165) is 10.6 Å². The topological polar surface area (TPSA) is 143 Å². The minimum atomic E-state index is -1.52. The average Bonchev–Trinajstić information content (AvgIpc) is 2.89. The summed E-state index contributed by atoms with van der Waals surface area (Å²) in [7, 11) is 1.13. The van der Waals surface area contributed by atoms with Gasteiger partial charge in [0.1, 0.15) is 18.0 Å². The van der Waals surface area contributed by atoms with Gasteiger partial charge in [0, 0.05) is 36.4 Å². The third-order valence-corrected chi connectivity index (χ3v) is 7.89. The molecular formula is C17H21N4NaO6S2. The fraction of sp³-hybridized carbons (Fsp3) is 0.529. The van der Waals surface area contributed by atoms with E-state index in [0.29, 0.717) is 0 Å². The summed E-state index contributed by atoms with van der Waals surface area (Å²) in [5.74, 6) is -2.75. The Morgan fingerprint density at radius 2 is 2.10 bits per heavy atom. The van der Waals surface area contributed by atoms with E-state index >= 15 is 0 Å². The normalized spacial score (nSPS) is 27.6. The smallest absolute Gasteiger partial charge is 0.543 e. The van der Waals surface area contributed by atoms with E-state index in [1.807, 2.05) is 18.9 Å². The average molecular weight is 465 g/mol. The molecule has 0 aromatic heterocycles. The molecule has 0 aromatic carbocycles. The fourth-order valence-corrected chi connectivity index (χ4v) is 5.80. The molecule has 158 valence electrons. The van der Waals surface area contributed by atoms with Crippen molar-refractivity contribution >= 4 is 46.2 Å². The number of hydrogen-bond donors (Lipinski definition) is 2. The van der Waals surface area contributed by atoms with Gasteiger partial charge in [0.2, 0.25) is 5.91 Å². The summed E-state index contributed by atoms with van der Waals surface area (Å²) < 4.78 is 12.8. The number of ether oxygens (including phenoxy) is 1. The van der Waals surface area contributed by atoms with E-state index in [4.69, 9.17) is 9.52 Å². The summed E-state index contributed by atoms with van der Waals surface area (Å²) in [6.07, 6.45) is 0.0469. The molecule has 0 spiro atoms. The molecule has 2 N–H and O–H groups in total. The number of carboxylic acids is 1. The van der Waals surface area contributed by atoms with Gasteiger partial charge in [-0.1, -0.05) is 10.7 Å². The Hall–Kier alpha value is -1.34. The van der Waals surface area contributed by atoms with E-state index in [2.05, 4.69) is 5.32 Å². The Balaban J connectivity index is 0.00000320. The zero-order valence-corrected chi connectivity index (χ0v) is 20.7. The number of fused-ring (bicyclic) bond motifs is 1. The van der Waals surface area contributed by atoms with Crippen molar-refractivity contribution in [2.45, 2.75) is 37.1 Å². The van der Waals surface area contributed by atoms with Crippen molar-refractivity contribution in [3.8, 4) is 0 Å². The molecule has 4 atom stereocenters. The van der Waals surface area contributed by atoms with E-state index in [9.17, 15) is 24.3 Å². The van der Waals surface area contributed by atoms with Crippen LogP contribution in [0.4, 0.5) is 0 Å². The van der Waals surface area contributed by atoms with E-state index in [-0.39, 0.29) is 70.9 Å². The number of aliphatic carboxylic acids is 1. The van der Waals surface area contributed by atoms with E-state index < -0.39 is 40.0 Å². The van der Waals surface area contributed by atoms with Gasteiger partial charge in [0.25, 0.3) is 5.91 Å². The van der Waals surface area contributed by atoms with Gasteiger partial charge in [0.05, 0.1) is 23.5 Å². The van der Waals surface area contributed by atoms with E-state index in [1.54, 1.807) is 5.41 Å². The van der Waals surface area contributed by atoms with Crippen molar-refractivity contribution < 1.29 is 58.6 Å². The number of carbonyl (C=O) groups is 4. The molecule has 3 aliphatic heterocycles. The van der Waals surface area contributed by atoms with Crippen LogP contribution < -0.4 is 40.0 Å². The first-order valence-corrected chi connectivity index (χ1v) is 11.2. The predicted octanol–water partition coefficient (Wildman–Crippen LogP) is -4.14. The van der Waals surface area contributed by atoms with Crippen LogP contribution in [0, 0.1) is 4.78 Å². The summed E-state index contributed by atoms with van der Waals surface area (Å²) >= 11 is 1.29. The number of nitrogens with one attached hydrogen (secondary N) is 2. The van der Waals surface area contributed by atoms with Gasteiger partial charge in [-0.3, -0.25) is 24.1 Å². The minimum Gasteiger partial charge on any atom is -0.543 e. The zero-order valence-electron chi connectivity index (χ0n) is 17.1.